The number of aldehydes is 1. The zero-order chi connectivity index (χ0) is 11.3. The third kappa shape index (κ3) is 3.59. The van der Waals surface area contributed by atoms with E-state index in [1.165, 1.54) is 0 Å². The lowest BCUT2D eigenvalue weighted by molar-refractivity contribution is 0.112. The van der Waals surface area contributed by atoms with Gasteiger partial charge in [0.15, 0.2) is 0 Å². The zero-order valence-corrected chi connectivity index (χ0v) is 9.31. The third-order valence-electron chi connectivity index (χ3n) is 1.88. The van der Waals surface area contributed by atoms with Crippen LogP contribution in [0.5, 0.6) is 0 Å². The molecule has 5 heteroatoms. The number of benzene rings is 1. The molecule has 1 rings (SSSR count). The van der Waals surface area contributed by atoms with Gasteiger partial charge in [0.1, 0.15) is 6.29 Å². The molecular formula is C10H13O4P. The second kappa shape index (κ2) is 5.21. The van der Waals surface area contributed by atoms with Gasteiger partial charge in [0.05, 0.1) is 12.8 Å². The fraction of sp³-hybridized carbons (Fsp3) is 0.300. The molecule has 1 N–H and O–H groups in total. The van der Waals surface area contributed by atoms with Gasteiger partial charge in [-0.05, 0) is 12.5 Å². The van der Waals surface area contributed by atoms with E-state index in [0.29, 0.717) is 17.4 Å². The lowest BCUT2D eigenvalue weighted by Gasteiger charge is -2.11. The Bertz CT molecular complexity index is 389. The van der Waals surface area contributed by atoms with Crippen molar-refractivity contribution in [2.45, 2.75) is 13.1 Å². The maximum atomic E-state index is 11.5. The number of hydrogen-bond donors (Lipinski definition) is 1. The molecule has 0 saturated heterocycles. The highest BCUT2D eigenvalue weighted by molar-refractivity contribution is 7.51. The molecule has 0 aliphatic carbocycles. The summed E-state index contributed by atoms with van der Waals surface area (Å²) in [7, 11) is -3.61. The van der Waals surface area contributed by atoms with Crippen molar-refractivity contribution >= 4 is 13.9 Å². The van der Waals surface area contributed by atoms with E-state index < -0.39 is 7.60 Å². The van der Waals surface area contributed by atoms with Gasteiger partial charge in [-0.15, -0.1) is 0 Å². The predicted octanol–water partition coefficient (Wildman–Crippen LogP) is 2.22. The first-order valence-corrected chi connectivity index (χ1v) is 6.35. The van der Waals surface area contributed by atoms with E-state index in [9.17, 15) is 14.3 Å². The molecule has 82 valence electrons. The summed E-state index contributed by atoms with van der Waals surface area (Å²) in [5.41, 5.74) is 0.957. The van der Waals surface area contributed by atoms with E-state index in [4.69, 9.17) is 4.52 Å². The van der Waals surface area contributed by atoms with Gasteiger partial charge in [0.2, 0.25) is 0 Å². The van der Waals surface area contributed by atoms with Crippen molar-refractivity contribution in [2.75, 3.05) is 6.61 Å². The Hall–Kier alpha value is -0.960. The SMILES string of the molecule is CCOP(=O)(O)Cc1ccccc1C=O. The minimum Gasteiger partial charge on any atom is -0.324 e. The molecule has 1 atom stereocenters. The fourth-order valence-corrected chi connectivity index (χ4v) is 2.47. The van der Waals surface area contributed by atoms with Gasteiger partial charge in [0.25, 0.3) is 0 Å². The molecule has 1 aromatic carbocycles. The predicted molar refractivity (Wildman–Crippen MR) is 57.0 cm³/mol. The number of hydrogen-bond acceptors (Lipinski definition) is 3. The molecule has 0 aromatic heterocycles. The first-order chi connectivity index (χ1) is 7.09. The molecular weight excluding hydrogens is 215 g/mol. The van der Waals surface area contributed by atoms with E-state index in [1.807, 2.05) is 0 Å². The second-order valence-electron chi connectivity index (χ2n) is 3.03. The zero-order valence-electron chi connectivity index (χ0n) is 8.42. The molecule has 0 bridgehead atoms. The minimum atomic E-state index is -3.61. The highest BCUT2D eigenvalue weighted by Crippen LogP contribution is 2.45. The van der Waals surface area contributed by atoms with Crippen molar-refractivity contribution in [3.8, 4) is 0 Å². The highest BCUT2D eigenvalue weighted by Gasteiger charge is 2.20. The summed E-state index contributed by atoms with van der Waals surface area (Å²) in [6.07, 6.45) is 0.539. The smallest absolute Gasteiger partial charge is 0.324 e. The molecule has 0 amide bonds. The Morgan fingerprint density at radius 3 is 2.73 bits per heavy atom. The van der Waals surface area contributed by atoms with Crippen LogP contribution < -0.4 is 0 Å². The molecule has 0 aliphatic rings. The Kier molecular flexibility index (Phi) is 4.21. The molecule has 0 saturated carbocycles. The molecule has 0 heterocycles. The molecule has 1 unspecified atom stereocenters. The average Bonchev–Trinajstić information content (AvgIpc) is 2.17. The van der Waals surface area contributed by atoms with E-state index in [-0.39, 0.29) is 12.8 Å². The van der Waals surface area contributed by atoms with E-state index in [0.717, 1.165) is 0 Å². The van der Waals surface area contributed by atoms with E-state index in [2.05, 4.69) is 0 Å². The van der Waals surface area contributed by atoms with Crippen molar-refractivity contribution in [3.05, 3.63) is 35.4 Å². The van der Waals surface area contributed by atoms with Gasteiger partial charge in [-0.3, -0.25) is 9.36 Å². The summed E-state index contributed by atoms with van der Waals surface area (Å²) in [5, 5.41) is 0. The number of carbonyl (C=O) groups is 1. The molecule has 0 aliphatic heterocycles. The molecule has 0 spiro atoms. The van der Waals surface area contributed by atoms with Crippen molar-refractivity contribution < 1.29 is 18.8 Å². The Morgan fingerprint density at radius 1 is 1.47 bits per heavy atom. The van der Waals surface area contributed by atoms with Crippen molar-refractivity contribution in [2.24, 2.45) is 0 Å². The van der Waals surface area contributed by atoms with Gasteiger partial charge >= 0.3 is 7.60 Å². The molecule has 15 heavy (non-hydrogen) atoms. The average molecular weight is 228 g/mol. The third-order valence-corrected chi connectivity index (χ3v) is 3.29. The molecule has 0 fully saturated rings. The molecule has 4 nitrogen and oxygen atoms in total. The van der Waals surface area contributed by atoms with Gasteiger partial charge in [-0.25, -0.2) is 0 Å². The summed E-state index contributed by atoms with van der Waals surface area (Å²) in [4.78, 5) is 20.1. The van der Waals surface area contributed by atoms with Gasteiger partial charge in [-0.1, -0.05) is 24.3 Å². The number of rotatable bonds is 5. The van der Waals surface area contributed by atoms with Crippen LogP contribution in [-0.4, -0.2) is 17.8 Å². The lowest BCUT2D eigenvalue weighted by atomic mass is 10.1. The van der Waals surface area contributed by atoms with Crippen LogP contribution in [0.2, 0.25) is 0 Å². The second-order valence-corrected chi connectivity index (χ2v) is 4.88. The Labute approximate surface area is 88.4 Å². The van der Waals surface area contributed by atoms with Crippen molar-refractivity contribution in [1.29, 1.82) is 0 Å². The number of carbonyl (C=O) groups excluding carboxylic acids is 1. The first kappa shape index (κ1) is 12.1. The fourth-order valence-electron chi connectivity index (χ4n) is 1.26. The summed E-state index contributed by atoms with van der Waals surface area (Å²) in [6, 6.07) is 6.67. The van der Waals surface area contributed by atoms with Crippen LogP contribution in [0.15, 0.2) is 24.3 Å². The summed E-state index contributed by atoms with van der Waals surface area (Å²) < 4.78 is 16.2. The lowest BCUT2D eigenvalue weighted by Crippen LogP contribution is -1.96. The topological polar surface area (TPSA) is 63.6 Å². The van der Waals surface area contributed by atoms with E-state index >= 15 is 0 Å². The first-order valence-electron chi connectivity index (χ1n) is 4.58. The standard InChI is InChI=1S/C10H13O4P/c1-2-14-15(12,13)8-10-6-4-3-5-9(10)7-11/h3-7H,2,8H2,1H3,(H,12,13). The van der Waals surface area contributed by atoms with Crippen LogP contribution in [0.3, 0.4) is 0 Å². The van der Waals surface area contributed by atoms with Gasteiger partial charge in [0, 0.05) is 5.56 Å². The summed E-state index contributed by atoms with van der Waals surface area (Å²) >= 11 is 0. The minimum absolute atomic E-state index is 0.129. The normalized spacial score (nSPS) is 14.5. The van der Waals surface area contributed by atoms with Gasteiger partial charge < -0.3 is 9.42 Å². The Morgan fingerprint density at radius 2 is 2.13 bits per heavy atom. The largest absolute Gasteiger partial charge is 0.332 e. The Balaban J connectivity index is 2.89. The van der Waals surface area contributed by atoms with Crippen molar-refractivity contribution in [3.63, 3.8) is 0 Å². The molecule has 1 aromatic rings. The van der Waals surface area contributed by atoms with Crippen LogP contribution in [0, 0.1) is 0 Å². The monoisotopic (exact) mass is 228 g/mol. The summed E-state index contributed by atoms with van der Waals surface area (Å²) in [5.74, 6) is 0. The summed E-state index contributed by atoms with van der Waals surface area (Å²) in [6.45, 7) is 1.82. The van der Waals surface area contributed by atoms with E-state index in [1.54, 1.807) is 31.2 Å². The highest BCUT2D eigenvalue weighted by atomic mass is 31.2. The maximum Gasteiger partial charge on any atom is 0.332 e. The quantitative estimate of drug-likeness (QED) is 0.620. The van der Waals surface area contributed by atoms with Crippen LogP contribution in [0.25, 0.3) is 0 Å². The van der Waals surface area contributed by atoms with Crippen molar-refractivity contribution in [1.82, 2.24) is 0 Å². The van der Waals surface area contributed by atoms with Crippen LogP contribution in [-0.2, 0) is 15.3 Å². The van der Waals surface area contributed by atoms with Crippen LogP contribution in [0.1, 0.15) is 22.8 Å². The maximum absolute atomic E-state index is 11.5. The molecule has 0 radical (unpaired) electrons. The van der Waals surface area contributed by atoms with Crippen LogP contribution >= 0.6 is 7.60 Å². The van der Waals surface area contributed by atoms with Crippen LogP contribution in [0.4, 0.5) is 0 Å². The van der Waals surface area contributed by atoms with Gasteiger partial charge in [-0.2, -0.15) is 0 Å².